The Morgan fingerprint density at radius 3 is 2.78 bits per heavy atom. The zero-order chi connectivity index (χ0) is 16.7. The third-order valence-electron chi connectivity index (χ3n) is 3.54. The van der Waals surface area contributed by atoms with E-state index in [1.807, 2.05) is 19.1 Å². The van der Waals surface area contributed by atoms with E-state index in [1.165, 1.54) is 10.4 Å². The molecule has 0 amide bonds. The molecule has 0 saturated heterocycles. The molecule has 124 valence electrons. The Hall–Kier alpha value is -2.08. The maximum Gasteiger partial charge on any atom is 0.191 e. The van der Waals surface area contributed by atoms with E-state index < -0.39 is 0 Å². The van der Waals surface area contributed by atoms with Crippen molar-refractivity contribution in [1.82, 2.24) is 15.6 Å². The Balaban J connectivity index is 1.78. The van der Waals surface area contributed by atoms with Gasteiger partial charge in [0.15, 0.2) is 5.96 Å². The van der Waals surface area contributed by atoms with Crippen LogP contribution in [0.5, 0.6) is 5.75 Å². The average Bonchev–Trinajstić information content (AvgIpc) is 2.89. The molecule has 6 heteroatoms. The lowest BCUT2D eigenvalue weighted by atomic mass is 10.1. The minimum atomic E-state index is 0.693. The summed E-state index contributed by atoms with van der Waals surface area (Å²) >= 11 is 1.72. The topological polar surface area (TPSA) is 58.5 Å². The molecule has 0 aliphatic carbocycles. The van der Waals surface area contributed by atoms with Crippen molar-refractivity contribution in [3.8, 4) is 5.75 Å². The SMILES string of the molecule is CN=C(NCCc1cccc(OC)c1)NCc1nc(C)c(C)s1. The highest BCUT2D eigenvalue weighted by Gasteiger charge is 2.05. The second-order valence-electron chi connectivity index (χ2n) is 5.20. The minimum Gasteiger partial charge on any atom is -0.497 e. The summed E-state index contributed by atoms with van der Waals surface area (Å²) in [6.45, 7) is 5.63. The Labute approximate surface area is 141 Å². The third-order valence-corrected chi connectivity index (χ3v) is 4.62. The Morgan fingerprint density at radius 1 is 1.30 bits per heavy atom. The molecule has 0 aliphatic rings. The molecule has 0 saturated carbocycles. The number of benzene rings is 1. The molecule has 1 aromatic heterocycles. The van der Waals surface area contributed by atoms with E-state index in [0.717, 1.165) is 35.4 Å². The quantitative estimate of drug-likeness (QED) is 0.631. The van der Waals surface area contributed by atoms with Gasteiger partial charge in [-0.25, -0.2) is 4.98 Å². The van der Waals surface area contributed by atoms with Crippen molar-refractivity contribution in [3.05, 3.63) is 45.4 Å². The Kier molecular flexibility index (Phi) is 6.40. The smallest absolute Gasteiger partial charge is 0.191 e. The van der Waals surface area contributed by atoms with E-state index in [-0.39, 0.29) is 0 Å². The zero-order valence-corrected chi connectivity index (χ0v) is 15.0. The van der Waals surface area contributed by atoms with Crippen molar-refractivity contribution in [2.45, 2.75) is 26.8 Å². The molecule has 2 rings (SSSR count). The molecule has 0 unspecified atom stereocenters. The number of guanidine groups is 1. The van der Waals surface area contributed by atoms with Crippen LogP contribution in [0.3, 0.4) is 0 Å². The molecule has 23 heavy (non-hydrogen) atoms. The molecular weight excluding hydrogens is 308 g/mol. The molecule has 0 aliphatic heterocycles. The lowest BCUT2D eigenvalue weighted by Crippen LogP contribution is -2.37. The summed E-state index contributed by atoms with van der Waals surface area (Å²) in [5.41, 5.74) is 2.34. The number of hydrogen-bond acceptors (Lipinski definition) is 4. The molecule has 0 spiro atoms. The van der Waals surface area contributed by atoms with Crippen molar-refractivity contribution in [2.75, 3.05) is 20.7 Å². The van der Waals surface area contributed by atoms with Crippen molar-refractivity contribution in [1.29, 1.82) is 0 Å². The first kappa shape index (κ1) is 17.3. The number of rotatable bonds is 6. The van der Waals surface area contributed by atoms with Gasteiger partial charge in [-0.2, -0.15) is 0 Å². The van der Waals surface area contributed by atoms with Crippen LogP contribution in [-0.4, -0.2) is 31.6 Å². The van der Waals surface area contributed by atoms with E-state index in [2.05, 4.69) is 39.7 Å². The first-order valence-electron chi connectivity index (χ1n) is 7.62. The second kappa shape index (κ2) is 8.53. The van der Waals surface area contributed by atoms with Gasteiger partial charge in [0, 0.05) is 18.5 Å². The first-order chi connectivity index (χ1) is 11.1. The predicted octanol–water partition coefficient (Wildman–Crippen LogP) is 2.68. The molecule has 0 atom stereocenters. The Morgan fingerprint density at radius 2 is 2.13 bits per heavy atom. The molecule has 0 fully saturated rings. The van der Waals surface area contributed by atoms with Crippen molar-refractivity contribution < 1.29 is 4.74 Å². The van der Waals surface area contributed by atoms with Crippen LogP contribution in [0.1, 0.15) is 21.1 Å². The molecule has 1 heterocycles. The molecule has 1 aromatic carbocycles. The monoisotopic (exact) mass is 332 g/mol. The van der Waals surface area contributed by atoms with Gasteiger partial charge in [0.1, 0.15) is 10.8 Å². The lowest BCUT2D eigenvalue weighted by molar-refractivity contribution is 0.414. The number of thiazole rings is 1. The van der Waals surface area contributed by atoms with Gasteiger partial charge in [-0.1, -0.05) is 12.1 Å². The fraction of sp³-hybridized carbons (Fsp3) is 0.412. The number of methoxy groups -OCH3 is 1. The molecule has 0 bridgehead atoms. The summed E-state index contributed by atoms with van der Waals surface area (Å²) in [7, 11) is 3.46. The van der Waals surface area contributed by atoms with Crippen molar-refractivity contribution >= 4 is 17.3 Å². The van der Waals surface area contributed by atoms with E-state index in [0.29, 0.717) is 6.54 Å². The van der Waals surface area contributed by atoms with Gasteiger partial charge in [-0.3, -0.25) is 4.99 Å². The van der Waals surface area contributed by atoms with E-state index in [4.69, 9.17) is 4.74 Å². The van der Waals surface area contributed by atoms with Gasteiger partial charge >= 0.3 is 0 Å². The lowest BCUT2D eigenvalue weighted by Gasteiger charge is -2.11. The number of ether oxygens (including phenoxy) is 1. The van der Waals surface area contributed by atoms with Crippen molar-refractivity contribution in [3.63, 3.8) is 0 Å². The first-order valence-corrected chi connectivity index (χ1v) is 8.44. The highest BCUT2D eigenvalue weighted by atomic mass is 32.1. The highest BCUT2D eigenvalue weighted by molar-refractivity contribution is 7.11. The molecule has 2 N–H and O–H groups in total. The predicted molar refractivity (Wildman–Crippen MR) is 96.5 cm³/mol. The summed E-state index contributed by atoms with van der Waals surface area (Å²) in [5.74, 6) is 1.68. The minimum absolute atomic E-state index is 0.693. The maximum absolute atomic E-state index is 5.24. The van der Waals surface area contributed by atoms with Crippen LogP contribution in [-0.2, 0) is 13.0 Å². The summed E-state index contributed by atoms with van der Waals surface area (Å²) in [4.78, 5) is 10.0. The summed E-state index contributed by atoms with van der Waals surface area (Å²) < 4.78 is 5.24. The van der Waals surface area contributed by atoms with Gasteiger partial charge in [0.25, 0.3) is 0 Å². The number of hydrogen-bond donors (Lipinski definition) is 2. The van der Waals surface area contributed by atoms with E-state index in [1.54, 1.807) is 25.5 Å². The van der Waals surface area contributed by atoms with Crippen LogP contribution in [0.15, 0.2) is 29.3 Å². The fourth-order valence-corrected chi connectivity index (χ4v) is 3.02. The van der Waals surface area contributed by atoms with Crippen LogP contribution in [0, 0.1) is 13.8 Å². The maximum atomic E-state index is 5.24. The van der Waals surface area contributed by atoms with Gasteiger partial charge < -0.3 is 15.4 Å². The van der Waals surface area contributed by atoms with Crippen LogP contribution in [0.4, 0.5) is 0 Å². The fourth-order valence-electron chi connectivity index (χ4n) is 2.15. The van der Waals surface area contributed by atoms with Crippen molar-refractivity contribution in [2.24, 2.45) is 4.99 Å². The summed E-state index contributed by atoms with van der Waals surface area (Å²) in [6.07, 6.45) is 0.910. The van der Waals surface area contributed by atoms with Crippen LogP contribution in [0.25, 0.3) is 0 Å². The highest BCUT2D eigenvalue weighted by Crippen LogP contribution is 2.16. The zero-order valence-electron chi connectivity index (χ0n) is 14.1. The Bertz CT molecular complexity index is 647. The third kappa shape index (κ3) is 5.25. The number of aliphatic imine (C=N–C) groups is 1. The van der Waals surface area contributed by atoms with Gasteiger partial charge in [-0.15, -0.1) is 11.3 Å². The number of nitrogens with zero attached hydrogens (tertiary/aromatic N) is 2. The molecule has 5 nitrogen and oxygen atoms in total. The molecular formula is C17H24N4OS. The van der Waals surface area contributed by atoms with Crippen LogP contribution >= 0.6 is 11.3 Å². The van der Waals surface area contributed by atoms with Gasteiger partial charge in [0.05, 0.1) is 19.3 Å². The number of nitrogens with one attached hydrogen (secondary N) is 2. The summed E-state index contributed by atoms with van der Waals surface area (Å²) in [5, 5.41) is 7.70. The summed E-state index contributed by atoms with van der Waals surface area (Å²) in [6, 6.07) is 8.12. The van der Waals surface area contributed by atoms with Crippen LogP contribution in [0.2, 0.25) is 0 Å². The van der Waals surface area contributed by atoms with Gasteiger partial charge in [-0.05, 0) is 38.0 Å². The van der Waals surface area contributed by atoms with Gasteiger partial charge in [0.2, 0.25) is 0 Å². The normalized spacial score (nSPS) is 11.4. The van der Waals surface area contributed by atoms with E-state index >= 15 is 0 Å². The van der Waals surface area contributed by atoms with E-state index in [9.17, 15) is 0 Å². The number of aromatic nitrogens is 1. The molecule has 0 radical (unpaired) electrons. The number of aryl methyl sites for hydroxylation is 2. The van der Waals surface area contributed by atoms with Crippen LogP contribution < -0.4 is 15.4 Å². The standard InChI is InChI=1S/C17H24N4OS/c1-12-13(2)23-16(21-12)11-20-17(18-3)19-9-8-14-6-5-7-15(10-14)22-4/h5-7,10H,8-9,11H2,1-4H3,(H2,18,19,20). The molecule has 2 aromatic rings. The average molecular weight is 332 g/mol. The second-order valence-corrected chi connectivity index (χ2v) is 6.49. The largest absolute Gasteiger partial charge is 0.497 e.